The summed E-state index contributed by atoms with van der Waals surface area (Å²) in [4.78, 5) is 15.7. The van der Waals surface area contributed by atoms with E-state index in [9.17, 15) is 15.0 Å². The average molecular weight is 254 g/mol. The first-order chi connectivity index (χ1) is 8.27. The van der Waals surface area contributed by atoms with E-state index in [0.717, 1.165) is 0 Å². The van der Waals surface area contributed by atoms with Crippen molar-refractivity contribution < 1.29 is 19.7 Å². The van der Waals surface area contributed by atoms with Crippen LogP contribution in [0.1, 0.15) is 31.3 Å². The first-order valence-electron chi connectivity index (χ1n) is 5.52. The van der Waals surface area contributed by atoms with Gasteiger partial charge >= 0.3 is 0 Å². The summed E-state index contributed by atoms with van der Waals surface area (Å²) in [6.07, 6.45) is 1.36. The van der Waals surface area contributed by atoms with Gasteiger partial charge < -0.3 is 20.3 Å². The summed E-state index contributed by atoms with van der Waals surface area (Å²) in [5.41, 5.74) is -1.20. The first kappa shape index (κ1) is 14.2. The van der Waals surface area contributed by atoms with E-state index >= 15 is 0 Å². The molecule has 1 rings (SSSR count). The van der Waals surface area contributed by atoms with Gasteiger partial charge in [-0.1, -0.05) is 0 Å². The number of amides is 1. The first-order valence-corrected chi connectivity index (χ1v) is 5.52. The molecule has 0 aliphatic rings. The number of carbonyl (C=O) groups is 1. The molecule has 18 heavy (non-hydrogen) atoms. The molecular formula is C12H18N2O4. The third-order valence-electron chi connectivity index (χ3n) is 2.73. The van der Waals surface area contributed by atoms with Crippen LogP contribution < -0.4 is 10.1 Å². The second kappa shape index (κ2) is 5.22. The molecule has 1 amide bonds. The number of aromatic hydroxyl groups is 1. The van der Waals surface area contributed by atoms with Gasteiger partial charge in [-0.05, 0) is 20.8 Å². The molecule has 0 fully saturated rings. The number of aromatic nitrogens is 1. The van der Waals surface area contributed by atoms with Crippen molar-refractivity contribution in [3.63, 3.8) is 0 Å². The summed E-state index contributed by atoms with van der Waals surface area (Å²) in [5, 5.41) is 22.1. The van der Waals surface area contributed by atoms with Crippen LogP contribution in [0.2, 0.25) is 0 Å². The number of pyridine rings is 1. The minimum Gasteiger partial charge on any atom is -0.503 e. The second-order valence-corrected chi connectivity index (χ2v) is 4.56. The number of ether oxygens (including phenoxy) is 1. The Labute approximate surface area is 106 Å². The molecule has 0 bridgehead atoms. The molecule has 1 aromatic heterocycles. The lowest BCUT2D eigenvalue weighted by Gasteiger charge is -2.26. The van der Waals surface area contributed by atoms with Crippen LogP contribution >= 0.6 is 0 Å². The van der Waals surface area contributed by atoms with E-state index in [2.05, 4.69) is 10.3 Å². The molecule has 1 atom stereocenters. The lowest BCUT2D eigenvalue weighted by Crippen LogP contribution is -2.47. The monoisotopic (exact) mass is 254 g/mol. The molecule has 100 valence electrons. The maximum Gasteiger partial charge on any atom is 0.274 e. The smallest absolute Gasteiger partial charge is 0.274 e. The third kappa shape index (κ3) is 3.10. The predicted molar refractivity (Wildman–Crippen MR) is 65.7 cm³/mol. The van der Waals surface area contributed by atoms with E-state index in [1.807, 2.05) is 0 Å². The number of rotatable bonds is 4. The highest BCUT2D eigenvalue weighted by atomic mass is 16.5. The molecule has 0 saturated heterocycles. The van der Waals surface area contributed by atoms with Crippen LogP contribution in [0, 0.1) is 0 Å². The van der Waals surface area contributed by atoms with Gasteiger partial charge in [-0.25, -0.2) is 4.98 Å². The average Bonchev–Trinajstić information content (AvgIpc) is 2.27. The normalized spacial score (nSPS) is 12.9. The maximum absolute atomic E-state index is 11.9. The zero-order chi connectivity index (χ0) is 13.9. The van der Waals surface area contributed by atoms with Crippen LogP contribution in [-0.2, 0) is 0 Å². The fourth-order valence-corrected chi connectivity index (χ4v) is 1.21. The van der Waals surface area contributed by atoms with Gasteiger partial charge in [0, 0.05) is 12.3 Å². The number of hydrogen-bond acceptors (Lipinski definition) is 5. The fraction of sp³-hybridized carbons (Fsp3) is 0.500. The van der Waals surface area contributed by atoms with Gasteiger partial charge in [0.2, 0.25) is 0 Å². The van der Waals surface area contributed by atoms with Gasteiger partial charge in [0.1, 0.15) is 0 Å². The SMILES string of the molecule is COc1ccnc(C(=O)NC(C)C(C)(C)O)c1O. The van der Waals surface area contributed by atoms with Crippen molar-refractivity contribution in [3.8, 4) is 11.5 Å². The molecule has 0 aromatic carbocycles. The van der Waals surface area contributed by atoms with Gasteiger partial charge in [0.05, 0.1) is 18.8 Å². The third-order valence-corrected chi connectivity index (χ3v) is 2.73. The Morgan fingerprint density at radius 2 is 2.17 bits per heavy atom. The molecule has 0 spiro atoms. The van der Waals surface area contributed by atoms with Crippen molar-refractivity contribution >= 4 is 5.91 Å². The summed E-state index contributed by atoms with van der Waals surface area (Å²) >= 11 is 0. The van der Waals surface area contributed by atoms with Crippen molar-refractivity contribution in [2.75, 3.05) is 7.11 Å². The van der Waals surface area contributed by atoms with Gasteiger partial charge in [0.25, 0.3) is 5.91 Å². The van der Waals surface area contributed by atoms with Crippen molar-refractivity contribution in [3.05, 3.63) is 18.0 Å². The molecule has 3 N–H and O–H groups in total. The Morgan fingerprint density at radius 3 is 2.67 bits per heavy atom. The van der Waals surface area contributed by atoms with E-state index in [1.54, 1.807) is 20.8 Å². The lowest BCUT2D eigenvalue weighted by molar-refractivity contribution is 0.0406. The summed E-state index contributed by atoms with van der Waals surface area (Å²) in [7, 11) is 1.39. The summed E-state index contributed by atoms with van der Waals surface area (Å²) in [6, 6.07) is 0.961. The number of methoxy groups -OCH3 is 1. The van der Waals surface area contributed by atoms with Crippen LogP contribution in [0.3, 0.4) is 0 Å². The van der Waals surface area contributed by atoms with Crippen LogP contribution in [0.15, 0.2) is 12.3 Å². The Morgan fingerprint density at radius 1 is 1.56 bits per heavy atom. The molecule has 0 radical (unpaired) electrons. The Balaban J connectivity index is 2.92. The molecule has 0 aliphatic heterocycles. The maximum atomic E-state index is 11.9. The fourth-order valence-electron chi connectivity index (χ4n) is 1.21. The Hall–Kier alpha value is -1.82. The van der Waals surface area contributed by atoms with E-state index in [-0.39, 0.29) is 17.2 Å². The van der Waals surface area contributed by atoms with Gasteiger partial charge in [-0.2, -0.15) is 0 Å². The van der Waals surface area contributed by atoms with E-state index < -0.39 is 17.6 Å². The molecule has 0 aliphatic carbocycles. The Bertz CT molecular complexity index is 440. The number of carbonyl (C=O) groups excluding carboxylic acids is 1. The number of nitrogens with one attached hydrogen (secondary N) is 1. The Kier molecular flexibility index (Phi) is 4.13. The van der Waals surface area contributed by atoms with E-state index in [1.165, 1.54) is 19.4 Å². The van der Waals surface area contributed by atoms with Crippen LogP contribution in [-0.4, -0.2) is 39.9 Å². The highest BCUT2D eigenvalue weighted by molar-refractivity contribution is 5.95. The quantitative estimate of drug-likeness (QED) is 0.735. The predicted octanol–water partition coefficient (Wildman–Crippen LogP) is 0.685. The van der Waals surface area contributed by atoms with Crippen LogP contribution in [0.4, 0.5) is 0 Å². The van der Waals surface area contributed by atoms with Gasteiger partial charge in [0.15, 0.2) is 17.2 Å². The molecule has 1 aromatic rings. The number of nitrogens with zero attached hydrogens (tertiary/aromatic N) is 1. The highest BCUT2D eigenvalue weighted by Crippen LogP contribution is 2.27. The minimum atomic E-state index is -1.07. The second-order valence-electron chi connectivity index (χ2n) is 4.56. The lowest BCUT2D eigenvalue weighted by atomic mass is 10.0. The highest BCUT2D eigenvalue weighted by Gasteiger charge is 2.26. The molecule has 6 nitrogen and oxygen atoms in total. The zero-order valence-corrected chi connectivity index (χ0v) is 10.9. The molecule has 0 saturated carbocycles. The summed E-state index contributed by atoms with van der Waals surface area (Å²) < 4.78 is 4.89. The molecule has 1 heterocycles. The van der Waals surface area contributed by atoms with Crippen molar-refractivity contribution in [2.24, 2.45) is 0 Å². The van der Waals surface area contributed by atoms with Gasteiger partial charge in [-0.15, -0.1) is 0 Å². The van der Waals surface area contributed by atoms with Gasteiger partial charge in [-0.3, -0.25) is 4.79 Å². The molecule has 6 heteroatoms. The molecule has 1 unspecified atom stereocenters. The number of aliphatic hydroxyl groups is 1. The molecular weight excluding hydrogens is 236 g/mol. The zero-order valence-electron chi connectivity index (χ0n) is 10.9. The topological polar surface area (TPSA) is 91.7 Å². The van der Waals surface area contributed by atoms with E-state index in [4.69, 9.17) is 4.74 Å². The standard InChI is InChI=1S/C12H18N2O4/c1-7(12(2,3)17)14-11(16)9-10(15)8(18-4)5-6-13-9/h5-7,15,17H,1-4H3,(H,14,16). The summed E-state index contributed by atoms with van der Waals surface area (Å²) in [6.45, 7) is 4.82. The minimum absolute atomic E-state index is 0.134. The van der Waals surface area contributed by atoms with Crippen molar-refractivity contribution in [1.29, 1.82) is 0 Å². The van der Waals surface area contributed by atoms with Crippen LogP contribution in [0.25, 0.3) is 0 Å². The van der Waals surface area contributed by atoms with Crippen molar-refractivity contribution in [1.82, 2.24) is 10.3 Å². The van der Waals surface area contributed by atoms with Crippen LogP contribution in [0.5, 0.6) is 11.5 Å². The summed E-state index contributed by atoms with van der Waals surface area (Å²) in [5.74, 6) is -0.715. The van der Waals surface area contributed by atoms with E-state index in [0.29, 0.717) is 0 Å². The number of hydrogen-bond donors (Lipinski definition) is 3. The van der Waals surface area contributed by atoms with Crippen molar-refractivity contribution in [2.45, 2.75) is 32.4 Å². The largest absolute Gasteiger partial charge is 0.503 e.